The highest BCUT2D eigenvalue weighted by molar-refractivity contribution is 5.43. The summed E-state index contributed by atoms with van der Waals surface area (Å²) in [5.41, 5.74) is 2.97. The van der Waals surface area contributed by atoms with Gasteiger partial charge in [-0.1, -0.05) is 31.4 Å². The van der Waals surface area contributed by atoms with Gasteiger partial charge in [-0.05, 0) is 74.6 Å². The molecule has 4 rings (SSSR count). The van der Waals surface area contributed by atoms with Crippen molar-refractivity contribution in [3.05, 3.63) is 29.3 Å². The molecule has 1 aliphatic heterocycles. The van der Waals surface area contributed by atoms with Gasteiger partial charge in [0.25, 0.3) is 0 Å². The lowest BCUT2D eigenvalue weighted by molar-refractivity contribution is 0.0779. The van der Waals surface area contributed by atoms with Crippen LogP contribution in [0, 0.1) is 0 Å². The van der Waals surface area contributed by atoms with E-state index in [1.165, 1.54) is 43.4 Å². The number of ether oxygens (including phenoxy) is 1. The van der Waals surface area contributed by atoms with Crippen LogP contribution in [0.15, 0.2) is 18.2 Å². The summed E-state index contributed by atoms with van der Waals surface area (Å²) >= 11 is 0. The zero-order chi connectivity index (χ0) is 20.3. The molecular weight excluding hydrogens is 332 g/mol. The predicted octanol–water partition coefficient (Wildman–Crippen LogP) is 4.85. The maximum absolute atomic E-state index is 8.87. The Morgan fingerprint density at radius 1 is 1.11 bits per heavy atom. The number of piperazine rings is 1. The quantitative estimate of drug-likeness (QED) is 0.708. The number of fused-ring (bicyclic) bond motifs is 1. The highest BCUT2D eigenvalue weighted by atomic mass is 16.5. The third-order valence-electron chi connectivity index (χ3n) is 6.88. The second-order valence-corrected chi connectivity index (χ2v) is 8.53. The second-order valence-electron chi connectivity index (χ2n) is 8.53. The molecule has 0 amide bonds. The summed E-state index contributed by atoms with van der Waals surface area (Å²) in [5.74, 6) is 1.75. The molecule has 1 saturated heterocycles. The fraction of sp³-hybridized carbons (Fsp3) is 0.750. The lowest BCUT2D eigenvalue weighted by Crippen LogP contribution is -2.50. The minimum Gasteiger partial charge on any atom is -0.496 e. The lowest BCUT2D eigenvalue weighted by Gasteiger charge is -2.41. The van der Waals surface area contributed by atoms with E-state index in [-0.39, 0.29) is 6.40 Å². The Bertz CT molecular complexity index is 677. The molecule has 0 spiro atoms. The zero-order valence-electron chi connectivity index (χ0n) is 19.1. The number of rotatable bonds is 6. The van der Waals surface area contributed by atoms with Gasteiger partial charge in [-0.25, -0.2) is 0 Å². The molecule has 0 aromatic heterocycles. The van der Waals surface area contributed by atoms with E-state index in [2.05, 4.69) is 28.0 Å². The summed E-state index contributed by atoms with van der Waals surface area (Å²) in [4.78, 5) is 4.89. The maximum atomic E-state index is 8.87. The SMILES string of the molecule is [3H]C1CCCCC1([3H])N1CCN(CCCC2CCCc3c(OC)cccc32)CC1. The van der Waals surface area contributed by atoms with E-state index in [1.54, 1.807) is 7.11 Å². The van der Waals surface area contributed by atoms with Crippen molar-refractivity contribution < 1.29 is 7.48 Å². The topological polar surface area (TPSA) is 15.7 Å². The van der Waals surface area contributed by atoms with Crippen LogP contribution in [0.3, 0.4) is 0 Å². The third-order valence-corrected chi connectivity index (χ3v) is 6.88. The number of benzene rings is 1. The van der Waals surface area contributed by atoms with E-state index in [1.807, 2.05) is 0 Å². The number of hydrogen-bond donors (Lipinski definition) is 0. The van der Waals surface area contributed by atoms with Crippen molar-refractivity contribution >= 4 is 0 Å². The first-order valence-corrected chi connectivity index (χ1v) is 11.2. The fourth-order valence-corrected chi connectivity index (χ4v) is 5.33. The van der Waals surface area contributed by atoms with Crippen molar-refractivity contribution in [2.75, 3.05) is 39.8 Å². The molecule has 1 heterocycles. The van der Waals surface area contributed by atoms with Crippen LogP contribution in [0.25, 0.3) is 0 Å². The molecule has 0 bridgehead atoms. The largest absolute Gasteiger partial charge is 0.496 e. The fourth-order valence-electron chi connectivity index (χ4n) is 5.33. The molecule has 3 aliphatic rings. The number of nitrogens with zero attached hydrogens (tertiary/aromatic N) is 2. The predicted molar refractivity (Wildman–Crippen MR) is 113 cm³/mol. The Morgan fingerprint density at radius 2 is 2.00 bits per heavy atom. The lowest BCUT2D eigenvalue weighted by atomic mass is 9.80. The Balaban J connectivity index is 1.25. The summed E-state index contributed by atoms with van der Waals surface area (Å²) in [7, 11) is 1.79. The van der Waals surface area contributed by atoms with Crippen molar-refractivity contribution in [1.82, 2.24) is 9.80 Å². The van der Waals surface area contributed by atoms with Crippen molar-refractivity contribution in [2.45, 2.75) is 76.1 Å². The van der Waals surface area contributed by atoms with Crippen LogP contribution in [0.2, 0.25) is 0 Å². The average molecular weight is 375 g/mol. The van der Waals surface area contributed by atoms with E-state index in [4.69, 9.17) is 7.48 Å². The molecule has 3 unspecified atom stereocenters. The van der Waals surface area contributed by atoms with Crippen LogP contribution in [-0.4, -0.2) is 55.7 Å². The van der Waals surface area contributed by atoms with Gasteiger partial charge in [0.15, 0.2) is 0 Å². The summed E-state index contributed by atoms with van der Waals surface area (Å²) in [6.45, 7) is 5.20. The van der Waals surface area contributed by atoms with Crippen molar-refractivity contribution in [2.24, 2.45) is 0 Å². The Labute approximate surface area is 168 Å². The van der Waals surface area contributed by atoms with Gasteiger partial charge in [-0.2, -0.15) is 0 Å². The molecule has 1 aromatic rings. The zero-order valence-corrected chi connectivity index (χ0v) is 17.1. The van der Waals surface area contributed by atoms with Crippen LogP contribution >= 0.6 is 0 Å². The summed E-state index contributed by atoms with van der Waals surface area (Å²) in [6, 6.07) is 5.94. The molecule has 3 heteroatoms. The van der Waals surface area contributed by atoms with E-state index in [0.717, 1.165) is 64.0 Å². The van der Waals surface area contributed by atoms with Crippen molar-refractivity contribution in [1.29, 1.82) is 0 Å². The number of methoxy groups -OCH3 is 1. The summed E-state index contributed by atoms with van der Waals surface area (Å²) < 4.78 is 22.8. The third kappa shape index (κ3) is 4.68. The van der Waals surface area contributed by atoms with E-state index in [9.17, 15) is 0 Å². The first-order valence-electron chi connectivity index (χ1n) is 12.2. The van der Waals surface area contributed by atoms with Gasteiger partial charge in [0.05, 0.1) is 7.11 Å². The van der Waals surface area contributed by atoms with Gasteiger partial charge < -0.3 is 9.64 Å². The van der Waals surface area contributed by atoms with Gasteiger partial charge in [-0.15, -0.1) is 0 Å². The Hall–Kier alpha value is -1.06. The molecule has 27 heavy (non-hydrogen) atoms. The Morgan fingerprint density at radius 3 is 2.81 bits per heavy atom. The molecule has 0 N–H and O–H groups in total. The maximum Gasteiger partial charge on any atom is 0.122 e. The minimum absolute atomic E-state index is 0.230. The van der Waals surface area contributed by atoms with Crippen LogP contribution in [0.4, 0.5) is 0 Å². The van der Waals surface area contributed by atoms with Gasteiger partial charge in [-0.3, -0.25) is 4.90 Å². The van der Waals surface area contributed by atoms with Crippen molar-refractivity contribution in [3.8, 4) is 5.75 Å². The highest BCUT2D eigenvalue weighted by Crippen LogP contribution is 2.38. The molecule has 1 aromatic carbocycles. The van der Waals surface area contributed by atoms with Gasteiger partial charge >= 0.3 is 0 Å². The first kappa shape index (κ1) is 16.9. The van der Waals surface area contributed by atoms with Gasteiger partial charge in [0.2, 0.25) is 0 Å². The van der Waals surface area contributed by atoms with Crippen molar-refractivity contribution in [3.63, 3.8) is 0 Å². The molecule has 0 radical (unpaired) electrons. The number of hydrogen-bond acceptors (Lipinski definition) is 3. The normalized spacial score (nSPS) is 33.8. The van der Waals surface area contributed by atoms with E-state index in [0.29, 0.717) is 5.92 Å². The molecule has 150 valence electrons. The van der Waals surface area contributed by atoms with Gasteiger partial charge in [0, 0.05) is 34.9 Å². The molecule has 3 nitrogen and oxygen atoms in total. The highest BCUT2D eigenvalue weighted by Gasteiger charge is 2.26. The monoisotopic (exact) mass is 374 g/mol. The van der Waals surface area contributed by atoms with E-state index >= 15 is 0 Å². The standard InChI is InChI=1S/C24H38N2O/c1-27-24-14-6-12-22-20(8-5-13-23(22)24)9-7-15-25-16-18-26(19-17-25)21-10-3-2-4-11-21/h6,12,14,20-21H,2-5,7-11,13,15-19H2,1H3/i10T,21T. The first-order chi connectivity index (χ1) is 14.1. The summed E-state index contributed by atoms with van der Waals surface area (Å²) in [6.07, 6.45) is 10.0. The van der Waals surface area contributed by atoms with Crippen LogP contribution < -0.4 is 4.74 Å². The average Bonchev–Trinajstić information content (AvgIpc) is 2.76. The van der Waals surface area contributed by atoms with Crippen LogP contribution in [0.1, 0.15) is 77.5 Å². The summed E-state index contributed by atoms with van der Waals surface area (Å²) in [5, 5.41) is 0. The molecule has 1 saturated carbocycles. The smallest absolute Gasteiger partial charge is 0.122 e. The van der Waals surface area contributed by atoms with E-state index < -0.39 is 6.02 Å². The van der Waals surface area contributed by atoms with Crippen LogP contribution in [0.5, 0.6) is 5.75 Å². The minimum atomic E-state index is -0.630. The molecule has 2 fully saturated rings. The second kappa shape index (κ2) is 9.43. The Kier molecular flexibility index (Phi) is 5.88. The molecular formula is C24H38N2O. The van der Waals surface area contributed by atoms with Gasteiger partial charge in [0.1, 0.15) is 5.75 Å². The molecule has 2 aliphatic carbocycles. The van der Waals surface area contributed by atoms with Crippen LogP contribution in [-0.2, 0) is 6.42 Å². The molecule has 3 atom stereocenters.